The second kappa shape index (κ2) is 6.11. The van der Waals surface area contributed by atoms with E-state index in [-0.39, 0.29) is 31.5 Å². The number of ether oxygens (including phenoxy) is 1. The normalized spacial score (nSPS) is 23.5. The van der Waals surface area contributed by atoms with E-state index >= 15 is 0 Å². The van der Waals surface area contributed by atoms with E-state index in [2.05, 4.69) is 5.10 Å². The summed E-state index contributed by atoms with van der Waals surface area (Å²) in [6.07, 6.45) is 0. The Bertz CT molecular complexity index is 935. The molecule has 1 aromatic carbocycles. The smallest absolute Gasteiger partial charge is 0.315 e. The number of rotatable bonds is 3. The van der Waals surface area contributed by atoms with Crippen LogP contribution < -0.4 is 4.74 Å². The summed E-state index contributed by atoms with van der Waals surface area (Å²) in [4.78, 5) is 26.7. The van der Waals surface area contributed by atoms with Gasteiger partial charge in [0.05, 0.1) is 5.69 Å². The zero-order valence-corrected chi connectivity index (χ0v) is 15.7. The van der Waals surface area contributed by atoms with E-state index in [0.717, 1.165) is 22.5 Å². The van der Waals surface area contributed by atoms with Crippen LogP contribution in [0.5, 0.6) is 5.75 Å². The Hall–Kier alpha value is -2.83. The van der Waals surface area contributed by atoms with Gasteiger partial charge >= 0.3 is 5.97 Å². The van der Waals surface area contributed by atoms with Crippen molar-refractivity contribution in [3.63, 3.8) is 0 Å². The van der Waals surface area contributed by atoms with Gasteiger partial charge in [-0.3, -0.25) is 14.3 Å². The van der Waals surface area contributed by atoms with Gasteiger partial charge in [-0.15, -0.1) is 0 Å². The molecule has 0 spiro atoms. The van der Waals surface area contributed by atoms with Gasteiger partial charge in [0.1, 0.15) is 24.3 Å². The lowest BCUT2D eigenvalue weighted by Crippen LogP contribution is -2.46. The summed E-state index contributed by atoms with van der Waals surface area (Å²) >= 11 is 0. The van der Waals surface area contributed by atoms with E-state index in [9.17, 15) is 14.7 Å². The highest BCUT2D eigenvalue weighted by atomic mass is 16.5. The summed E-state index contributed by atoms with van der Waals surface area (Å²) in [5.74, 6) is -0.596. The fourth-order valence-electron chi connectivity index (χ4n) is 4.20. The summed E-state index contributed by atoms with van der Waals surface area (Å²) < 4.78 is 7.45. The molecule has 0 aliphatic carbocycles. The van der Waals surface area contributed by atoms with Gasteiger partial charge < -0.3 is 14.7 Å². The maximum absolute atomic E-state index is 12.9. The minimum Gasteiger partial charge on any atom is -0.492 e. The average Bonchev–Trinajstić information content (AvgIpc) is 3.17. The fourth-order valence-corrected chi connectivity index (χ4v) is 4.20. The van der Waals surface area contributed by atoms with Crippen LogP contribution in [0.3, 0.4) is 0 Å². The molecule has 7 heteroatoms. The van der Waals surface area contributed by atoms with Crippen LogP contribution in [0.15, 0.2) is 24.3 Å². The lowest BCUT2D eigenvalue weighted by Gasteiger charge is -2.35. The molecule has 4 rings (SSSR count). The lowest BCUT2D eigenvalue weighted by molar-refractivity contribution is -0.152. The number of aliphatic carboxylic acids is 1. The zero-order valence-electron chi connectivity index (χ0n) is 15.7. The van der Waals surface area contributed by atoms with E-state index in [4.69, 9.17) is 4.74 Å². The van der Waals surface area contributed by atoms with Crippen molar-refractivity contribution in [3.05, 3.63) is 46.8 Å². The Morgan fingerprint density at radius 1 is 1.30 bits per heavy atom. The van der Waals surface area contributed by atoms with Gasteiger partial charge in [-0.05, 0) is 32.4 Å². The molecule has 1 amide bonds. The summed E-state index contributed by atoms with van der Waals surface area (Å²) in [5.41, 5.74) is 2.69. The van der Waals surface area contributed by atoms with Crippen molar-refractivity contribution < 1.29 is 19.4 Å². The van der Waals surface area contributed by atoms with Crippen LogP contribution in [0, 0.1) is 26.2 Å². The standard InChI is InChI=1S/C20H23N3O4/c1-12-13(2)21-23(14(12)3)9-18(24)22-8-16-15-6-4-5-7-17(15)27-11-20(16,10-22)19(25)26/h4-7,16H,8-11H2,1-3H3,(H,25,26)/t16-,20-/m0/s1. The third-order valence-corrected chi connectivity index (χ3v) is 6.13. The molecule has 2 aliphatic rings. The fraction of sp³-hybridized carbons (Fsp3) is 0.450. The largest absolute Gasteiger partial charge is 0.492 e. The Morgan fingerprint density at radius 2 is 2.04 bits per heavy atom. The summed E-state index contributed by atoms with van der Waals surface area (Å²) in [6, 6.07) is 7.50. The van der Waals surface area contributed by atoms with Crippen molar-refractivity contribution in [2.75, 3.05) is 19.7 Å². The zero-order chi connectivity index (χ0) is 19.3. The molecule has 1 saturated heterocycles. The molecular formula is C20H23N3O4. The Morgan fingerprint density at radius 3 is 2.70 bits per heavy atom. The van der Waals surface area contributed by atoms with Gasteiger partial charge in [-0.2, -0.15) is 5.10 Å². The summed E-state index contributed by atoms with van der Waals surface area (Å²) in [7, 11) is 0. The predicted octanol–water partition coefficient (Wildman–Crippen LogP) is 1.90. The van der Waals surface area contributed by atoms with Crippen LogP contribution in [-0.4, -0.2) is 51.4 Å². The van der Waals surface area contributed by atoms with Crippen LogP contribution in [0.4, 0.5) is 0 Å². The van der Waals surface area contributed by atoms with Crippen LogP contribution in [-0.2, 0) is 16.1 Å². The Balaban J connectivity index is 1.62. The number of likely N-dealkylation sites (tertiary alicyclic amines) is 1. The number of carboxylic acids is 1. The van der Waals surface area contributed by atoms with E-state index in [1.54, 1.807) is 9.58 Å². The van der Waals surface area contributed by atoms with Crippen LogP contribution in [0.2, 0.25) is 0 Å². The number of carbonyl (C=O) groups is 2. The molecule has 1 N–H and O–H groups in total. The van der Waals surface area contributed by atoms with Crippen molar-refractivity contribution >= 4 is 11.9 Å². The molecule has 0 radical (unpaired) electrons. The molecule has 142 valence electrons. The van der Waals surface area contributed by atoms with Crippen molar-refractivity contribution in [2.24, 2.45) is 5.41 Å². The van der Waals surface area contributed by atoms with Crippen LogP contribution in [0.25, 0.3) is 0 Å². The molecule has 2 aromatic rings. The number of nitrogens with zero attached hydrogens (tertiary/aromatic N) is 3. The third kappa shape index (κ3) is 2.60. The first-order valence-electron chi connectivity index (χ1n) is 9.07. The molecule has 7 nitrogen and oxygen atoms in total. The molecule has 0 bridgehead atoms. The first kappa shape index (κ1) is 17.6. The molecule has 0 saturated carbocycles. The van der Waals surface area contributed by atoms with Crippen molar-refractivity contribution in [1.29, 1.82) is 0 Å². The van der Waals surface area contributed by atoms with Crippen LogP contribution in [0.1, 0.15) is 28.4 Å². The van der Waals surface area contributed by atoms with Crippen LogP contribution >= 0.6 is 0 Å². The molecule has 2 atom stereocenters. The number of carbonyl (C=O) groups excluding carboxylic acids is 1. The maximum Gasteiger partial charge on any atom is 0.315 e. The summed E-state index contributed by atoms with van der Waals surface area (Å²) in [6.45, 7) is 6.56. The summed E-state index contributed by atoms with van der Waals surface area (Å²) in [5, 5.41) is 14.4. The second-order valence-electron chi connectivity index (χ2n) is 7.57. The molecule has 1 fully saturated rings. The number of hydrogen-bond acceptors (Lipinski definition) is 4. The topological polar surface area (TPSA) is 84.7 Å². The number of fused-ring (bicyclic) bond motifs is 3. The average molecular weight is 369 g/mol. The first-order chi connectivity index (χ1) is 12.8. The van der Waals surface area contributed by atoms with E-state index in [1.807, 2.05) is 45.0 Å². The molecule has 0 unspecified atom stereocenters. The molecular weight excluding hydrogens is 346 g/mol. The third-order valence-electron chi connectivity index (χ3n) is 6.13. The van der Waals surface area contributed by atoms with E-state index in [1.165, 1.54) is 0 Å². The van der Waals surface area contributed by atoms with Crippen molar-refractivity contribution in [2.45, 2.75) is 33.2 Å². The van der Waals surface area contributed by atoms with Crippen molar-refractivity contribution in [1.82, 2.24) is 14.7 Å². The number of aromatic nitrogens is 2. The molecule has 1 aromatic heterocycles. The Kier molecular flexibility index (Phi) is 3.98. The van der Waals surface area contributed by atoms with Gasteiger partial charge in [-0.25, -0.2) is 0 Å². The molecule has 27 heavy (non-hydrogen) atoms. The number of para-hydroxylation sites is 1. The number of hydrogen-bond donors (Lipinski definition) is 1. The first-order valence-corrected chi connectivity index (χ1v) is 9.07. The second-order valence-corrected chi connectivity index (χ2v) is 7.57. The molecule has 2 aliphatic heterocycles. The Labute approximate surface area is 157 Å². The molecule has 3 heterocycles. The minimum absolute atomic E-state index is 0.0762. The van der Waals surface area contributed by atoms with E-state index in [0.29, 0.717) is 12.3 Å². The monoisotopic (exact) mass is 369 g/mol. The highest BCUT2D eigenvalue weighted by Crippen LogP contribution is 2.49. The van der Waals surface area contributed by atoms with Gasteiger partial charge in [-0.1, -0.05) is 18.2 Å². The predicted molar refractivity (Wildman–Crippen MR) is 97.8 cm³/mol. The maximum atomic E-state index is 12.9. The number of amides is 1. The number of benzene rings is 1. The van der Waals surface area contributed by atoms with E-state index < -0.39 is 11.4 Å². The van der Waals surface area contributed by atoms with Gasteiger partial charge in [0.2, 0.25) is 5.91 Å². The van der Waals surface area contributed by atoms with Gasteiger partial charge in [0, 0.05) is 30.3 Å². The number of aryl methyl sites for hydroxylation is 1. The lowest BCUT2D eigenvalue weighted by atomic mass is 9.73. The highest BCUT2D eigenvalue weighted by molar-refractivity contribution is 5.82. The minimum atomic E-state index is -1.10. The van der Waals surface area contributed by atoms with Crippen molar-refractivity contribution in [3.8, 4) is 5.75 Å². The number of carboxylic acid groups (broad SMARTS) is 1. The SMILES string of the molecule is Cc1nn(CC(=O)N2C[C@H]3c4ccccc4OC[C@@]3(C(=O)O)C2)c(C)c1C. The van der Waals surface area contributed by atoms with Gasteiger partial charge in [0.15, 0.2) is 0 Å². The quantitative estimate of drug-likeness (QED) is 0.893. The van der Waals surface area contributed by atoms with Gasteiger partial charge in [0.25, 0.3) is 0 Å². The highest BCUT2D eigenvalue weighted by Gasteiger charge is 2.57.